The summed E-state index contributed by atoms with van der Waals surface area (Å²) in [7, 11) is 3.15. The summed E-state index contributed by atoms with van der Waals surface area (Å²) in [5, 5.41) is 7.21. The van der Waals surface area contributed by atoms with E-state index in [1.807, 2.05) is 43.3 Å². The molecule has 2 rings (SSSR count). The Hall–Kier alpha value is -3.02. The maximum atomic E-state index is 12.3. The molecule has 0 radical (unpaired) electrons. The van der Waals surface area contributed by atoms with E-state index in [2.05, 4.69) is 15.8 Å². The van der Waals surface area contributed by atoms with E-state index in [-0.39, 0.29) is 11.9 Å². The van der Waals surface area contributed by atoms with Gasteiger partial charge in [0.05, 0.1) is 20.4 Å². The molecule has 1 atom stereocenters. The number of hydrogen-bond donors (Lipinski definition) is 2. The summed E-state index contributed by atoms with van der Waals surface area (Å²) in [6, 6.07) is 14.7. The predicted octanol–water partition coefficient (Wildman–Crippen LogP) is 3.04. The van der Waals surface area contributed by atoms with E-state index in [1.165, 1.54) is 0 Å². The van der Waals surface area contributed by atoms with Crippen LogP contribution >= 0.6 is 0 Å². The monoisotopic (exact) mass is 341 g/mol. The van der Waals surface area contributed by atoms with E-state index in [4.69, 9.17) is 9.47 Å². The van der Waals surface area contributed by atoms with Gasteiger partial charge in [-0.05, 0) is 42.3 Å². The van der Waals surface area contributed by atoms with E-state index < -0.39 is 0 Å². The first-order valence-electron chi connectivity index (χ1n) is 8.04. The molecule has 132 valence electrons. The van der Waals surface area contributed by atoms with Gasteiger partial charge >= 0.3 is 0 Å². The second-order valence-electron chi connectivity index (χ2n) is 5.32. The Morgan fingerprint density at radius 1 is 1.12 bits per heavy atom. The zero-order valence-corrected chi connectivity index (χ0v) is 14.7. The molecule has 0 aliphatic carbocycles. The highest BCUT2D eigenvalue weighted by atomic mass is 16.5. The fourth-order valence-electron chi connectivity index (χ4n) is 2.27. The van der Waals surface area contributed by atoms with Crippen LogP contribution < -0.4 is 20.2 Å². The zero-order chi connectivity index (χ0) is 18.1. The van der Waals surface area contributed by atoms with Crippen molar-refractivity contribution in [1.29, 1.82) is 0 Å². The quantitative estimate of drug-likeness (QED) is 0.572. The third-order valence-electron chi connectivity index (χ3n) is 3.64. The molecule has 6 heteroatoms. The normalized spacial score (nSPS) is 11.8. The van der Waals surface area contributed by atoms with Crippen LogP contribution in [0, 0.1) is 0 Å². The Morgan fingerprint density at radius 3 is 2.48 bits per heavy atom. The van der Waals surface area contributed by atoms with Crippen LogP contribution in [0.25, 0.3) is 0 Å². The number of methoxy groups -OCH3 is 2. The number of para-hydroxylation sites is 1. The van der Waals surface area contributed by atoms with Gasteiger partial charge in [-0.3, -0.25) is 4.79 Å². The molecule has 0 heterocycles. The highest BCUT2D eigenvalue weighted by molar-refractivity contribution is 5.87. The van der Waals surface area contributed by atoms with Crippen molar-refractivity contribution in [3.63, 3.8) is 0 Å². The Balaban J connectivity index is 1.96. The van der Waals surface area contributed by atoms with Crippen LogP contribution in [0.1, 0.15) is 18.9 Å². The number of rotatable bonds is 8. The predicted molar refractivity (Wildman–Crippen MR) is 99.4 cm³/mol. The Kier molecular flexibility index (Phi) is 6.83. The van der Waals surface area contributed by atoms with Crippen LogP contribution in [0.3, 0.4) is 0 Å². The fraction of sp³-hybridized carbons (Fsp3) is 0.263. The van der Waals surface area contributed by atoms with Gasteiger partial charge in [-0.15, -0.1) is 0 Å². The van der Waals surface area contributed by atoms with Crippen LogP contribution in [0.15, 0.2) is 53.6 Å². The smallest absolute Gasteiger partial charge is 0.262 e. The number of amides is 1. The van der Waals surface area contributed by atoms with Crippen LogP contribution in [0.4, 0.5) is 5.69 Å². The number of nitrogens with one attached hydrogen (secondary N) is 2. The number of nitrogens with zero attached hydrogens (tertiary/aromatic N) is 1. The first kappa shape index (κ1) is 18.3. The van der Waals surface area contributed by atoms with Gasteiger partial charge < -0.3 is 14.8 Å². The Bertz CT molecular complexity index is 717. The highest BCUT2D eigenvalue weighted by Crippen LogP contribution is 2.26. The number of benzene rings is 2. The van der Waals surface area contributed by atoms with Crippen LogP contribution in [-0.2, 0) is 4.79 Å². The SMILES string of the molecule is CCC(Nc1ccccc1)C(=O)N/N=C\c1ccc(OC)c(OC)c1. The van der Waals surface area contributed by atoms with E-state index in [9.17, 15) is 4.79 Å². The summed E-state index contributed by atoms with van der Waals surface area (Å²) >= 11 is 0. The molecule has 0 aliphatic heterocycles. The van der Waals surface area contributed by atoms with Crippen molar-refractivity contribution in [1.82, 2.24) is 5.43 Å². The maximum Gasteiger partial charge on any atom is 0.262 e. The molecule has 0 aromatic heterocycles. The van der Waals surface area contributed by atoms with Crippen molar-refractivity contribution in [2.75, 3.05) is 19.5 Å². The second kappa shape index (κ2) is 9.32. The minimum atomic E-state index is -0.357. The molecule has 6 nitrogen and oxygen atoms in total. The number of anilines is 1. The molecule has 0 saturated carbocycles. The van der Waals surface area contributed by atoms with Crippen molar-refractivity contribution >= 4 is 17.8 Å². The van der Waals surface area contributed by atoms with Crippen molar-refractivity contribution in [3.8, 4) is 11.5 Å². The average molecular weight is 341 g/mol. The van der Waals surface area contributed by atoms with Crippen molar-refractivity contribution in [3.05, 3.63) is 54.1 Å². The van der Waals surface area contributed by atoms with Crippen LogP contribution in [0.5, 0.6) is 11.5 Å². The summed E-state index contributed by atoms with van der Waals surface area (Å²) in [4.78, 5) is 12.3. The van der Waals surface area contributed by atoms with E-state index >= 15 is 0 Å². The molecule has 0 fully saturated rings. The third-order valence-corrected chi connectivity index (χ3v) is 3.64. The van der Waals surface area contributed by atoms with Crippen molar-refractivity contribution in [2.45, 2.75) is 19.4 Å². The molecule has 2 aromatic carbocycles. The third kappa shape index (κ3) is 5.24. The molecule has 25 heavy (non-hydrogen) atoms. The molecule has 2 aromatic rings. The Morgan fingerprint density at radius 2 is 1.84 bits per heavy atom. The van der Waals surface area contributed by atoms with Gasteiger partial charge in [0.2, 0.25) is 0 Å². The minimum Gasteiger partial charge on any atom is -0.493 e. The minimum absolute atomic E-state index is 0.192. The van der Waals surface area contributed by atoms with Gasteiger partial charge in [-0.1, -0.05) is 25.1 Å². The molecule has 0 saturated heterocycles. The molecule has 0 spiro atoms. The number of ether oxygens (including phenoxy) is 2. The maximum absolute atomic E-state index is 12.3. The topological polar surface area (TPSA) is 72.0 Å². The van der Waals surface area contributed by atoms with E-state index in [0.717, 1.165) is 11.3 Å². The summed E-state index contributed by atoms with van der Waals surface area (Å²) in [5.41, 5.74) is 4.25. The summed E-state index contributed by atoms with van der Waals surface area (Å²) in [6.45, 7) is 1.94. The summed E-state index contributed by atoms with van der Waals surface area (Å²) in [6.07, 6.45) is 2.21. The molecule has 1 unspecified atom stereocenters. The number of hydrogen-bond acceptors (Lipinski definition) is 5. The van der Waals surface area contributed by atoms with Crippen LogP contribution in [0.2, 0.25) is 0 Å². The van der Waals surface area contributed by atoms with E-state index in [0.29, 0.717) is 17.9 Å². The molecule has 0 aliphatic rings. The molecular weight excluding hydrogens is 318 g/mol. The highest BCUT2D eigenvalue weighted by Gasteiger charge is 2.15. The first-order chi connectivity index (χ1) is 12.2. The lowest BCUT2D eigenvalue weighted by atomic mass is 10.2. The lowest BCUT2D eigenvalue weighted by Crippen LogP contribution is -2.36. The lowest BCUT2D eigenvalue weighted by Gasteiger charge is -2.16. The number of carbonyl (C=O) groups is 1. The van der Waals surface area contributed by atoms with Gasteiger partial charge in [0, 0.05) is 5.69 Å². The molecule has 2 N–H and O–H groups in total. The van der Waals surface area contributed by atoms with Gasteiger partial charge in [-0.2, -0.15) is 5.10 Å². The van der Waals surface area contributed by atoms with Crippen molar-refractivity contribution in [2.24, 2.45) is 5.10 Å². The van der Waals surface area contributed by atoms with Gasteiger partial charge in [0.1, 0.15) is 6.04 Å². The summed E-state index contributed by atoms with van der Waals surface area (Å²) < 4.78 is 10.4. The lowest BCUT2D eigenvalue weighted by molar-refractivity contribution is -0.121. The standard InChI is InChI=1S/C19H23N3O3/c1-4-16(21-15-8-6-5-7-9-15)19(23)22-20-13-14-10-11-17(24-2)18(12-14)25-3/h5-13,16,21H,4H2,1-3H3,(H,22,23)/b20-13-. The number of hydrazone groups is 1. The van der Waals surface area contributed by atoms with Gasteiger partial charge in [0.25, 0.3) is 5.91 Å². The molecule has 1 amide bonds. The van der Waals surface area contributed by atoms with Crippen molar-refractivity contribution < 1.29 is 14.3 Å². The van der Waals surface area contributed by atoms with Crippen LogP contribution in [-0.4, -0.2) is 32.4 Å². The fourth-order valence-corrected chi connectivity index (χ4v) is 2.27. The first-order valence-corrected chi connectivity index (χ1v) is 8.04. The molecule has 0 bridgehead atoms. The second-order valence-corrected chi connectivity index (χ2v) is 5.32. The Labute approximate surface area is 147 Å². The van der Waals surface area contributed by atoms with E-state index in [1.54, 1.807) is 32.6 Å². The van der Waals surface area contributed by atoms with Gasteiger partial charge in [0.15, 0.2) is 11.5 Å². The summed E-state index contributed by atoms with van der Waals surface area (Å²) in [5.74, 6) is 1.06. The number of carbonyl (C=O) groups excluding carboxylic acids is 1. The zero-order valence-electron chi connectivity index (χ0n) is 14.7. The molecular formula is C19H23N3O3. The largest absolute Gasteiger partial charge is 0.493 e. The average Bonchev–Trinajstić information content (AvgIpc) is 2.66. The van der Waals surface area contributed by atoms with Gasteiger partial charge in [-0.25, -0.2) is 5.43 Å².